The lowest BCUT2D eigenvalue weighted by atomic mass is 10.2. The van der Waals surface area contributed by atoms with E-state index in [1.165, 1.54) is 0 Å². The van der Waals surface area contributed by atoms with Crippen LogP contribution in [0.15, 0.2) is 12.4 Å². The summed E-state index contributed by atoms with van der Waals surface area (Å²) in [4.78, 5) is 4.04. The van der Waals surface area contributed by atoms with Gasteiger partial charge in [0.2, 0.25) is 0 Å². The fourth-order valence-corrected chi connectivity index (χ4v) is 1.79. The average Bonchev–Trinajstić information content (AvgIpc) is 2.64. The topological polar surface area (TPSA) is 29.9 Å². The highest BCUT2D eigenvalue weighted by Gasteiger charge is 2.33. The number of hydrogen-bond acceptors (Lipinski definition) is 2. The van der Waals surface area contributed by atoms with E-state index in [0.717, 1.165) is 6.42 Å². The third-order valence-electron chi connectivity index (χ3n) is 2.41. The van der Waals surface area contributed by atoms with Crippen LogP contribution in [0.2, 0.25) is 0 Å². The second kappa shape index (κ2) is 6.05. The van der Waals surface area contributed by atoms with Crippen molar-refractivity contribution in [1.82, 2.24) is 14.9 Å². The van der Waals surface area contributed by atoms with E-state index < -0.39 is 18.6 Å². The zero-order valence-electron chi connectivity index (χ0n) is 10.1. The molecule has 0 aliphatic heterocycles. The highest BCUT2D eigenvalue weighted by molar-refractivity contribution is 5.00. The molecule has 3 nitrogen and oxygen atoms in total. The Labute approximate surface area is 99.0 Å². The Bertz CT molecular complexity index is 333. The number of aromatic nitrogens is 2. The van der Waals surface area contributed by atoms with E-state index in [-0.39, 0.29) is 0 Å². The van der Waals surface area contributed by atoms with Crippen molar-refractivity contribution in [2.45, 2.75) is 45.5 Å². The number of nitrogens with one attached hydrogen (secondary N) is 1. The molecule has 1 aromatic rings. The Kier molecular flexibility index (Phi) is 4.99. The van der Waals surface area contributed by atoms with Gasteiger partial charge in [0.05, 0.1) is 12.5 Å². The number of imidazole rings is 1. The van der Waals surface area contributed by atoms with E-state index in [1.807, 2.05) is 6.92 Å². The van der Waals surface area contributed by atoms with Crippen molar-refractivity contribution in [2.75, 3.05) is 6.54 Å². The van der Waals surface area contributed by atoms with Gasteiger partial charge in [-0.1, -0.05) is 13.8 Å². The molecular weight excluding hydrogens is 231 g/mol. The van der Waals surface area contributed by atoms with Crippen molar-refractivity contribution in [3.8, 4) is 0 Å². The molecule has 0 saturated carbocycles. The molecular formula is C11H18F3N3. The van der Waals surface area contributed by atoms with Crippen LogP contribution in [-0.4, -0.2) is 22.3 Å². The summed E-state index contributed by atoms with van der Waals surface area (Å²) >= 11 is 0. The Balaban J connectivity index is 2.84. The molecule has 0 radical (unpaired) electrons. The SMILES string of the molecule is CCCn1ccnc1C(CC(F)(F)F)NCC. The first-order valence-corrected chi connectivity index (χ1v) is 5.79. The van der Waals surface area contributed by atoms with Crippen LogP contribution >= 0.6 is 0 Å². The third kappa shape index (κ3) is 4.38. The maximum absolute atomic E-state index is 12.5. The van der Waals surface area contributed by atoms with Gasteiger partial charge in [-0.15, -0.1) is 0 Å². The molecule has 17 heavy (non-hydrogen) atoms. The number of alkyl halides is 3. The molecule has 1 unspecified atom stereocenters. The van der Waals surface area contributed by atoms with Gasteiger partial charge >= 0.3 is 6.18 Å². The molecule has 0 saturated heterocycles. The first-order valence-electron chi connectivity index (χ1n) is 5.79. The highest BCUT2D eigenvalue weighted by atomic mass is 19.4. The van der Waals surface area contributed by atoms with Crippen molar-refractivity contribution >= 4 is 0 Å². The van der Waals surface area contributed by atoms with E-state index in [1.54, 1.807) is 23.9 Å². The van der Waals surface area contributed by atoms with E-state index >= 15 is 0 Å². The lowest BCUT2D eigenvalue weighted by Crippen LogP contribution is -2.29. The van der Waals surface area contributed by atoms with Crippen LogP contribution in [0, 0.1) is 0 Å². The molecule has 0 amide bonds. The van der Waals surface area contributed by atoms with Gasteiger partial charge in [-0.2, -0.15) is 13.2 Å². The van der Waals surface area contributed by atoms with Gasteiger partial charge < -0.3 is 9.88 Å². The quantitative estimate of drug-likeness (QED) is 0.840. The lowest BCUT2D eigenvalue weighted by Gasteiger charge is -2.20. The standard InChI is InChI=1S/C11H18F3N3/c1-3-6-17-7-5-16-10(17)9(15-4-2)8-11(12,13)14/h5,7,9,15H,3-4,6,8H2,1-2H3. The fraction of sp³-hybridized carbons (Fsp3) is 0.727. The van der Waals surface area contributed by atoms with Crippen LogP contribution in [0.5, 0.6) is 0 Å². The Hall–Kier alpha value is -1.04. The zero-order valence-corrected chi connectivity index (χ0v) is 10.1. The first kappa shape index (κ1) is 14.0. The summed E-state index contributed by atoms with van der Waals surface area (Å²) in [5.74, 6) is 0.464. The largest absolute Gasteiger partial charge is 0.391 e. The molecule has 0 bridgehead atoms. The third-order valence-corrected chi connectivity index (χ3v) is 2.41. The summed E-state index contributed by atoms with van der Waals surface area (Å²) in [7, 11) is 0. The summed E-state index contributed by atoms with van der Waals surface area (Å²) in [5.41, 5.74) is 0. The predicted octanol–water partition coefficient (Wildman–Crippen LogP) is 2.90. The Morgan fingerprint density at radius 1 is 1.41 bits per heavy atom. The minimum Gasteiger partial charge on any atom is -0.334 e. The molecule has 1 rings (SSSR count). The molecule has 0 fully saturated rings. The summed E-state index contributed by atoms with van der Waals surface area (Å²) in [5, 5.41) is 2.84. The molecule has 0 aliphatic carbocycles. The van der Waals surface area contributed by atoms with Crippen LogP contribution in [-0.2, 0) is 6.54 Å². The molecule has 0 aliphatic rings. The van der Waals surface area contributed by atoms with Crippen molar-refractivity contribution in [3.63, 3.8) is 0 Å². The smallest absolute Gasteiger partial charge is 0.334 e. The van der Waals surface area contributed by atoms with Gasteiger partial charge in [0.25, 0.3) is 0 Å². The van der Waals surface area contributed by atoms with E-state index in [9.17, 15) is 13.2 Å². The van der Waals surface area contributed by atoms with Crippen LogP contribution in [0.4, 0.5) is 13.2 Å². The number of nitrogens with zero attached hydrogens (tertiary/aromatic N) is 2. The van der Waals surface area contributed by atoms with Crippen LogP contribution in [0.3, 0.4) is 0 Å². The van der Waals surface area contributed by atoms with Crippen molar-refractivity contribution in [1.29, 1.82) is 0 Å². The van der Waals surface area contributed by atoms with Crippen LogP contribution < -0.4 is 5.32 Å². The Morgan fingerprint density at radius 2 is 2.12 bits per heavy atom. The van der Waals surface area contributed by atoms with Gasteiger partial charge in [-0.25, -0.2) is 4.98 Å². The van der Waals surface area contributed by atoms with Gasteiger partial charge in [-0.05, 0) is 13.0 Å². The monoisotopic (exact) mass is 249 g/mol. The molecule has 1 aromatic heterocycles. The van der Waals surface area contributed by atoms with E-state index in [0.29, 0.717) is 18.9 Å². The average molecular weight is 249 g/mol. The fourth-order valence-electron chi connectivity index (χ4n) is 1.79. The minimum atomic E-state index is -4.18. The molecule has 0 aromatic carbocycles. The first-order chi connectivity index (χ1) is 7.98. The molecule has 6 heteroatoms. The molecule has 1 N–H and O–H groups in total. The Morgan fingerprint density at radius 3 is 2.65 bits per heavy atom. The van der Waals surface area contributed by atoms with Crippen molar-refractivity contribution in [2.24, 2.45) is 0 Å². The van der Waals surface area contributed by atoms with Gasteiger partial charge in [0.1, 0.15) is 5.82 Å². The summed E-state index contributed by atoms with van der Waals surface area (Å²) in [6, 6.07) is -0.762. The summed E-state index contributed by atoms with van der Waals surface area (Å²) < 4.78 is 39.2. The predicted molar refractivity (Wildman–Crippen MR) is 59.6 cm³/mol. The normalized spacial score (nSPS) is 13.9. The minimum absolute atomic E-state index is 0.464. The van der Waals surface area contributed by atoms with Crippen LogP contribution in [0.25, 0.3) is 0 Å². The highest BCUT2D eigenvalue weighted by Crippen LogP contribution is 2.28. The summed E-state index contributed by atoms with van der Waals surface area (Å²) in [6.07, 6.45) is -0.934. The number of rotatable bonds is 6. The maximum Gasteiger partial charge on any atom is 0.391 e. The van der Waals surface area contributed by atoms with Crippen LogP contribution in [0.1, 0.15) is 38.6 Å². The van der Waals surface area contributed by atoms with Gasteiger partial charge in [0.15, 0.2) is 0 Å². The molecule has 0 spiro atoms. The number of halogens is 3. The van der Waals surface area contributed by atoms with E-state index in [4.69, 9.17) is 0 Å². The zero-order chi connectivity index (χ0) is 12.9. The van der Waals surface area contributed by atoms with E-state index in [2.05, 4.69) is 10.3 Å². The van der Waals surface area contributed by atoms with Crippen molar-refractivity contribution in [3.05, 3.63) is 18.2 Å². The van der Waals surface area contributed by atoms with Gasteiger partial charge in [0, 0.05) is 18.9 Å². The summed E-state index contributed by atoms with van der Waals surface area (Å²) in [6.45, 7) is 4.95. The number of aryl methyl sites for hydroxylation is 1. The molecule has 98 valence electrons. The lowest BCUT2D eigenvalue weighted by molar-refractivity contribution is -0.141. The second-order valence-corrected chi connectivity index (χ2v) is 3.91. The molecule has 1 atom stereocenters. The van der Waals surface area contributed by atoms with Gasteiger partial charge in [-0.3, -0.25) is 0 Å². The van der Waals surface area contributed by atoms with Crippen molar-refractivity contribution < 1.29 is 13.2 Å². The second-order valence-electron chi connectivity index (χ2n) is 3.91. The maximum atomic E-state index is 12.5. The number of hydrogen-bond donors (Lipinski definition) is 1. The molecule has 1 heterocycles.